The average molecular weight is 131 g/mol. The van der Waals surface area contributed by atoms with Crippen molar-refractivity contribution in [2.24, 2.45) is 4.99 Å². The molecule has 0 fully saturated rings. The van der Waals surface area contributed by atoms with Gasteiger partial charge in [-0.25, -0.2) is 0 Å². The van der Waals surface area contributed by atoms with Crippen molar-refractivity contribution in [2.45, 2.75) is 20.3 Å². The van der Waals surface area contributed by atoms with Gasteiger partial charge in [-0.3, -0.25) is 4.99 Å². The lowest BCUT2D eigenvalue weighted by molar-refractivity contribution is 1.11. The van der Waals surface area contributed by atoms with E-state index in [1.807, 2.05) is 25.7 Å². The van der Waals surface area contributed by atoms with Gasteiger partial charge < -0.3 is 0 Å². The quantitative estimate of drug-likeness (QED) is 0.413. The summed E-state index contributed by atoms with van der Waals surface area (Å²) < 4.78 is 0. The fraction of sp³-hybridized carbons (Fsp3) is 0.833. The van der Waals surface area contributed by atoms with Crippen LogP contribution in [0.5, 0.6) is 0 Å². The number of nitrogens with zero attached hydrogens (tertiary/aromatic N) is 1. The molecule has 0 unspecified atom stereocenters. The number of aliphatic imine (C=N–C) groups is 1. The predicted octanol–water partition coefficient (Wildman–Crippen LogP) is 2.18. The van der Waals surface area contributed by atoms with Crippen molar-refractivity contribution in [2.75, 3.05) is 12.8 Å². The summed E-state index contributed by atoms with van der Waals surface area (Å²) >= 11 is 1.83. The van der Waals surface area contributed by atoms with E-state index in [2.05, 4.69) is 11.9 Å². The van der Waals surface area contributed by atoms with E-state index in [0.717, 1.165) is 0 Å². The number of thioether (sulfide) groups is 1. The first-order valence-corrected chi connectivity index (χ1v) is 3.86. The fourth-order valence-corrected chi connectivity index (χ4v) is 0.943. The van der Waals surface area contributed by atoms with Crippen molar-refractivity contribution in [3.63, 3.8) is 0 Å². The smallest absolute Gasteiger partial charge is 0.0641 e. The summed E-state index contributed by atoms with van der Waals surface area (Å²) in [6.07, 6.45) is 1.23. The summed E-state index contributed by atoms with van der Waals surface area (Å²) in [5.41, 5.74) is 0. The van der Waals surface area contributed by atoms with Gasteiger partial charge in [-0.2, -0.15) is 0 Å². The SMILES string of the molecule is CCCSC(C)=NC. The summed E-state index contributed by atoms with van der Waals surface area (Å²) in [6, 6.07) is 0. The second-order valence-electron chi connectivity index (χ2n) is 1.59. The Kier molecular flexibility index (Phi) is 5.18. The largest absolute Gasteiger partial charge is 0.287 e. The summed E-state index contributed by atoms with van der Waals surface area (Å²) in [6.45, 7) is 4.22. The highest BCUT2D eigenvalue weighted by molar-refractivity contribution is 8.13. The Hall–Kier alpha value is 0.0200. The van der Waals surface area contributed by atoms with Gasteiger partial charge in [0.1, 0.15) is 0 Å². The second kappa shape index (κ2) is 5.16. The highest BCUT2D eigenvalue weighted by atomic mass is 32.2. The minimum atomic E-state index is 1.19. The normalized spacial score (nSPS) is 12.1. The van der Waals surface area contributed by atoms with Crippen LogP contribution in [0.25, 0.3) is 0 Å². The Morgan fingerprint density at radius 1 is 1.62 bits per heavy atom. The molecule has 1 nitrogen and oxygen atoms in total. The molecule has 8 heavy (non-hydrogen) atoms. The van der Waals surface area contributed by atoms with Crippen LogP contribution in [-0.4, -0.2) is 17.8 Å². The maximum Gasteiger partial charge on any atom is 0.0641 e. The summed E-state index contributed by atoms with van der Waals surface area (Å²) in [5, 5.41) is 1.19. The van der Waals surface area contributed by atoms with Crippen molar-refractivity contribution >= 4 is 16.8 Å². The molecule has 0 N–H and O–H groups in total. The predicted molar refractivity (Wildman–Crippen MR) is 41.8 cm³/mol. The molecule has 0 saturated carbocycles. The summed E-state index contributed by atoms with van der Waals surface area (Å²) in [4.78, 5) is 4.01. The van der Waals surface area contributed by atoms with E-state index in [1.165, 1.54) is 17.2 Å². The molecular weight excluding hydrogens is 118 g/mol. The zero-order chi connectivity index (χ0) is 6.41. The lowest BCUT2D eigenvalue weighted by Crippen LogP contribution is -1.83. The molecule has 0 saturated heterocycles. The Bertz CT molecular complexity index is 78.6. The minimum absolute atomic E-state index is 1.19. The molecule has 0 aliphatic heterocycles. The molecule has 0 aliphatic rings. The van der Waals surface area contributed by atoms with Crippen LogP contribution >= 0.6 is 11.8 Å². The van der Waals surface area contributed by atoms with Crippen molar-refractivity contribution in [3.05, 3.63) is 0 Å². The third-order valence-corrected chi connectivity index (χ3v) is 2.04. The molecule has 0 radical (unpaired) electrons. The second-order valence-corrected chi connectivity index (χ2v) is 2.88. The van der Waals surface area contributed by atoms with Crippen LogP contribution in [0.3, 0.4) is 0 Å². The highest BCUT2D eigenvalue weighted by Crippen LogP contribution is 2.03. The van der Waals surface area contributed by atoms with E-state index < -0.39 is 0 Å². The number of hydrogen-bond acceptors (Lipinski definition) is 2. The molecule has 0 aromatic heterocycles. The van der Waals surface area contributed by atoms with Gasteiger partial charge in [0.05, 0.1) is 5.04 Å². The monoisotopic (exact) mass is 131 g/mol. The zero-order valence-corrected chi connectivity index (χ0v) is 6.59. The zero-order valence-electron chi connectivity index (χ0n) is 5.77. The first-order chi connectivity index (χ1) is 3.81. The van der Waals surface area contributed by atoms with Gasteiger partial charge in [-0.15, -0.1) is 11.8 Å². The van der Waals surface area contributed by atoms with Crippen LogP contribution in [0.1, 0.15) is 20.3 Å². The number of hydrogen-bond donors (Lipinski definition) is 0. The maximum atomic E-state index is 4.01. The average Bonchev–Trinajstić information content (AvgIpc) is 1.83. The van der Waals surface area contributed by atoms with Gasteiger partial charge in [-0.05, 0) is 19.1 Å². The van der Waals surface area contributed by atoms with Gasteiger partial charge in [0, 0.05) is 7.05 Å². The van der Waals surface area contributed by atoms with Crippen LogP contribution in [0.2, 0.25) is 0 Å². The van der Waals surface area contributed by atoms with Crippen molar-refractivity contribution in [1.29, 1.82) is 0 Å². The number of rotatable bonds is 2. The molecular formula is C6H13NS. The van der Waals surface area contributed by atoms with Crippen molar-refractivity contribution in [3.8, 4) is 0 Å². The van der Waals surface area contributed by atoms with Crippen LogP contribution < -0.4 is 0 Å². The molecule has 0 aliphatic carbocycles. The van der Waals surface area contributed by atoms with E-state index in [0.29, 0.717) is 0 Å². The standard InChI is InChI=1S/C6H13NS/c1-4-5-8-6(2)7-3/h4-5H2,1-3H3. The molecule has 0 bridgehead atoms. The molecule has 0 spiro atoms. The minimum Gasteiger partial charge on any atom is -0.287 e. The van der Waals surface area contributed by atoms with E-state index in [1.54, 1.807) is 0 Å². The lowest BCUT2D eigenvalue weighted by Gasteiger charge is -1.93. The summed E-state index contributed by atoms with van der Waals surface area (Å²) in [5.74, 6) is 1.20. The molecule has 2 heteroatoms. The van der Waals surface area contributed by atoms with E-state index in [9.17, 15) is 0 Å². The molecule has 0 amide bonds. The topological polar surface area (TPSA) is 12.4 Å². The van der Waals surface area contributed by atoms with E-state index in [-0.39, 0.29) is 0 Å². The molecule has 0 aromatic rings. The first kappa shape index (κ1) is 8.02. The molecule has 0 rings (SSSR count). The van der Waals surface area contributed by atoms with Gasteiger partial charge in [0.15, 0.2) is 0 Å². The van der Waals surface area contributed by atoms with Gasteiger partial charge in [0.25, 0.3) is 0 Å². The Labute approximate surface area is 55.6 Å². The Morgan fingerprint density at radius 3 is 2.62 bits per heavy atom. The van der Waals surface area contributed by atoms with Crippen LogP contribution in [0, 0.1) is 0 Å². The lowest BCUT2D eigenvalue weighted by atomic mass is 10.6. The van der Waals surface area contributed by atoms with Gasteiger partial charge in [0.2, 0.25) is 0 Å². The Balaban J connectivity index is 3.12. The first-order valence-electron chi connectivity index (χ1n) is 2.87. The highest BCUT2D eigenvalue weighted by Gasteiger charge is 1.85. The molecule has 0 heterocycles. The molecule has 48 valence electrons. The third kappa shape index (κ3) is 4.19. The van der Waals surface area contributed by atoms with Crippen LogP contribution in [0.4, 0.5) is 0 Å². The van der Waals surface area contributed by atoms with Crippen molar-refractivity contribution in [1.82, 2.24) is 0 Å². The molecule has 0 aromatic carbocycles. The van der Waals surface area contributed by atoms with Crippen LogP contribution in [0.15, 0.2) is 4.99 Å². The van der Waals surface area contributed by atoms with E-state index in [4.69, 9.17) is 0 Å². The third-order valence-electron chi connectivity index (χ3n) is 0.830. The van der Waals surface area contributed by atoms with E-state index >= 15 is 0 Å². The van der Waals surface area contributed by atoms with Gasteiger partial charge >= 0.3 is 0 Å². The fourth-order valence-electron chi connectivity index (χ4n) is 0.314. The van der Waals surface area contributed by atoms with Crippen LogP contribution in [-0.2, 0) is 0 Å². The molecule has 0 atom stereocenters. The summed E-state index contributed by atoms with van der Waals surface area (Å²) in [7, 11) is 1.83. The van der Waals surface area contributed by atoms with Crippen molar-refractivity contribution < 1.29 is 0 Å². The Morgan fingerprint density at radius 2 is 2.25 bits per heavy atom. The van der Waals surface area contributed by atoms with Gasteiger partial charge in [-0.1, -0.05) is 6.92 Å². The maximum absolute atomic E-state index is 4.01.